The van der Waals surface area contributed by atoms with Crippen molar-refractivity contribution in [3.05, 3.63) is 68.3 Å². The van der Waals surface area contributed by atoms with E-state index in [0.717, 1.165) is 0 Å². The fourth-order valence-corrected chi connectivity index (χ4v) is 3.86. The Morgan fingerprint density at radius 1 is 1.03 bits per heavy atom. The normalized spacial score (nSPS) is 11.2. The fourth-order valence-electron chi connectivity index (χ4n) is 3.54. The summed E-state index contributed by atoms with van der Waals surface area (Å²) in [6, 6.07) is 10.6. The fraction of sp³-hybridized carbons (Fsp3) is 0.0909. The van der Waals surface area contributed by atoms with Crippen LogP contribution in [-0.2, 0) is 0 Å². The molecule has 1 heterocycles. The van der Waals surface area contributed by atoms with Crippen molar-refractivity contribution in [2.75, 3.05) is 19.0 Å². The lowest BCUT2D eigenvalue weighted by Gasteiger charge is -2.21. The molecule has 1 aliphatic heterocycles. The van der Waals surface area contributed by atoms with Crippen LogP contribution in [0.1, 0.15) is 10.4 Å². The van der Waals surface area contributed by atoms with Crippen molar-refractivity contribution >= 4 is 45.8 Å². The number of phenolic OH excluding ortho intramolecular Hbond substituents is 1. The van der Waals surface area contributed by atoms with Crippen LogP contribution in [0.4, 0.5) is 5.69 Å². The number of carbonyl (C=O) groups is 1. The number of benzene rings is 3. The molecule has 2 aromatic carbocycles. The average molecular weight is 444 g/mol. The number of aromatic carboxylic acids is 1. The van der Waals surface area contributed by atoms with E-state index in [9.17, 15) is 19.8 Å². The maximum Gasteiger partial charge on any atom is 0.338 e. The van der Waals surface area contributed by atoms with Gasteiger partial charge in [0.15, 0.2) is 0 Å². The lowest BCUT2D eigenvalue weighted by Crippen LogP contribution is -2.15. The van der Waals surface area contributed by atoms with Crippen LogP contribution in [-0.4, -0.2) is 30.3 Å². The summed E-state index contributed by atoms with van der Waals surface area (Å²) in [5.41, 5.74) is 1.71. The van der Waals surface area contributed by atoms with E-state index in [1.165, 1.54) is 24.3 Å². The van der Waals surface area contributed by atoms with Crippen LogP contribution in [0.25, 0.3) is 33.4 Å². The molecule has 0 fully saturated rings. The molecule has 0 spiro atoms. The number of hydrogen-bond acceptors (Lipinski definition) is 5. The van der Waals surface area contributed by atoms with Gasteiger partial charge in [0.25, 0.3) is 0 Å². The van der Waals surface area contributed by atoms with Crippen LogP contribution in [0.3, 0.4) is 0 Å². The van der Waals surface area contributed by atoms with Crippen molar-refractivity contribution in [1.82, 2.24) is 0 Å². The average Bonchev–Trinajstić information content (AvgIpc) is 2.68. The van der Waals surface area contributed by atoms with E-state index in [0.29, 0.717) is 27.8 Å². The molecule has 2 N–H and O–H groups in total. The smallest absolute Gasteiger partial charge is 0.338 e. The maximum absolute atomic E-state index is 12.2. The second-order valence-electron chi connectivity index (χ2n) is 6.95. The molecule has 152 valence electrons. The lowest BCUT2D eigenvalue weighted by atomic mass is 9.90. The molecule has 1 aliphatic carbocycles. The molecule has 6 nitrogen and oxygen atoms in total. The van der Waals surface area contributed by atoms with Gasteiger partial charge in [0.1, 0.15) is 17.1 Å². The summed E-state index contributed by atoms with van der Waals surface area (Å²) in [7, 11) is 3.50. The minimum atomic E-state index is -1.12. The Labute approximate surface area is 180 Å². The number of phenols is 1. The number of anilines is 1. The summed E-state index contributed by atoms with van der Waals surface area (Å²) in [4.78, 5) is 26.0. The molecule has 0 atom stereocenters. The van der Waals surface area contributed by atoms with Gasteiger partial charge in [-0.15, -0.1) is 0 Å². The van der Waals surface area contributed by atoms with Crippen molar-refractivity contribution in [2.24, 2.45) is 0 Å². The molecule has 0 radical (unpaired) electrons. The van der Waals surface area contributed by atoms with Gasteiger partial charge in [-0.05, 0) is 23.8 Å². The van der Waals surface area contributed by atoms with E-state index in [1.807, 2.05) is 0 Å². The number of carboxylic acids is 1. The number of rotatable bonds is 3. The van der Waals surface area contributed by atoms with Gasteiger partial charge in [-0.2, -0.15) is 0 Å². The molecule has 4 rings (SSSR count). The highest BCUT2D eigenvalue weighted by Crippen LogP contribution is 2.45. The maximum atomic E-state index is 12.2. The highest BCUT2D eigenvalue weighted by molar-refractivity contribution is 6.33. The zero-order valence-corrected chi connectivity index (χ0v) is 17.4. The topological polar surface area (TPSA) is 91.0 Å². The lowest BCUT2D eigenvalue weighted by molar-refractivity contribution is 0.0698. The molecule has 0 saturated heterocycles. The number of halogens is 2. The zero-order chi connectivity index (χ0) is 21.7. The Hall–Kier alpha value is -3.22. The van der Waals surface area contributed by atoms with Crippen molar-refractivity contribution in [3.8, 4) is 28.2 Å². The first-order valence-corrected chi connectivity index (χ1v) is 9.57. The second kappa shape index (κ2) is 7.23. The van der Waals surface area contributed by atoms with Crippen LogP contribution >= 0.6 is 23.2 Å². The quantitative estimate of drug-likeness (QED) is 0.415. The van der Waals surface area contributed by atoms with Gasteiger partial charge in [-0.3, -0.25) is 4.79 Å². The van der Waals surface area contributed by atoms with E-state index >= 15 is 0 Å². The standard InChI is InChI=1S/C22H15Cl2NO5/c1-25(2)15-5-3-4-10(21(15)22(28)29)20-11-6-13(23)16(26)8-18(11)30-19-9-17(27)14(24)7-12(19)20/h3-9,26H,1-2H3,(H,28,29). The molecular weight excluding hydrogens is 429 g/mol. The summed E-state index contributed by atoms with van der Waals surface area (Å²) in [6.07, 6.45) is 0. The van der Waals surface area contributed by atoms with Crippen LogP contribution in [0.2, 0.25) is 10.0 Å². The molecule has 0 amide bonds. The second-order valence-corrected chi connectivity index (χ2v) is 7.77. The van der Waals surface area contributed by atoms with E-state index in [1.54, 1.807) is 37.2 Å². The highest BCUT2D eigenvalue weighted by Gasteiger charge is 2.25. The van der Waals surface area contributed by atoms with Crippen LogP contribution in [0.5, 0.6) is 5.75 Å². The summed E-state index contributed by atoms with van der Waals surface area (Å²) >= 11 is 12.2. The van der Waals surface area contributed by atoms with Gasteiger partial charge in [0.05, 0.1) is 21.3 Å². The molecule has 0 unspecified atom stereocenters. The van der Waals surface area contributed by atoms with E-state index in [2.05, 4.69) is 0 Å². The van der Waals surface area contributed by atoms with E-state index in [4.69, 9.17) is 27.6 Å². The largest absolute Gasteiger partial charge is 0.506 e. The highest BCUT2D eigenvalue weighted by atomic mass is 35.5. The van der Waals surface area contributed by atoms with Crippen molar-refractivity contribution < 1.29 is 19.4 Å². The Morgan fingerprint density at radius 3 is 2.43 bits per heavy atom. The molecule has 8 heteroatoms. The third kappa shape index (κ3) is 3.14. The van der Waals surface area contributed by atoms with E-state index < -0.39 is 11.4 Å². The minimum absolute atomic E-state index is 0.0242. The molecule has 0 saturated carbocycles. The number of fused-ring (bicyclic) bond motifs is 2. The Kier molecular flexibility index (Phi) is 4.84. The molecule has 2 aliphatic rings. The Morgan fingerprint density at radius 2 is 1.77 bits per heavy atom. The Bertz CT molecular complexity index is 1360. The van der Waals surface area contributed by atoms with Gasteiger partial charge >= 0.3 is 5.97 Å². The van der Waals surface area contributed by atoms with Gasteiger partial charge < -0.3 is 19.5 Å². The van der Waals surface area contributed by atoms with Crippen molar-refractivity contribution in [2.45, 2.75) is 0 Å². The van der Waals surface area contributed by atoms with Crippen LogP contribution < -0.4 is 10.3 Å². The number of nitrogens with zero attached hydrogens (tertiary/aromatic N) is 1. The van der Waals surface area contributed by atoms with E-state index in [-0.39, 0.29) is 32.7 Å². The zero-order valence-electron chi connectivity index (χ0n) is 15.9. The van der Waals surface area contributed by atoms with Gasteiger partial charge in [0, 0.05) is 42.7 Å². The van der Waals surface area contributed by atoms with Gasteiger partial charge in [-0.1, -0.05) is 35.3 Å². The predicted molar refractivity (Wildman–Crippen MR) is 118 cm³/mol. The number of aromatic hydroxyl groups is 1. The van der Waals surface area contributed by atoms with Gasteiger partial charge in [0.2, 0.25) is 5.43 Å². The van der Waals surface area contributed by atoms with Crippen LogP contribution in [0.15, 0.2) is 51.7 Å². The first kappa shape index (κ1) is 20.1. The predicted octanol–water partition coefficient (Wildman–Crippen LogP) is 5.34. The number of hydrogen-bond donors (Lipinski definition) is 2. The summed E-state index contributed by atoms with van der Waals surface area (Å²) in [5, 5.41) is 20.6. The summed E-state index contributed by atoms with van der Waals surface area (Å²) in [6.45, 7) is 0. The molecule has 0 aromatic heterocycles. The molecule has 2 aromatic rings. The molecule has 30 heavy (non-hydrogen) atoms. The van der Waals surface area contributed by atoms with Gasteiger partial charge in [-0.25, -0.2) is 4.79 Å². The Balaban J connectivity index is 2.27. The number of carboxylic acid groups (broad SMARTS) is 1. The third-order valence-electron chi connectivity index (χ3n) is 4.85. The monoisotopic (exact) mass is 443 g/mol. The SMILES string of the molecule is CN(C)c1cccc(-c2c3cc(Cl)c(=O)cc-3oc3cc(O)c(Cl)cc23)c1C(=O)O. The summed E-state index contributed by atoms with van der Waals surface area (Å²) < 4.78 is 5.82. The van der Waals surface area contributed by atoms with Crippen molar-refractivity contribution in [3.63, 3.8) is 0 Å². The molecule has 0 bridgehead atoms. The van der Waals surface area contributed by atoms with Crippen molar-refractivity contribution in [1.29, 1.82) is 0 Å². The first-order chi connectivity index (χ1) is 14.2. The van der Waals surface area contributed by atoms with Crippen LogP contribution in [0, 0.1) is 0 Å². The summed E-state index contributed by atoms with van der Waals surface area (Å²) in [5.74, 6) is -1.11. The minimum Gasteiger partial charge on any atom is -0.506 e. The third-order valence-corrected chi connectivity index (χ3v) is 5.45. The molecular formula is C22H15Cl2NO5. The first-order valence-electron chi connectivity index (χ1n) is 8.81.